The van der Waals surface area contributed by atoms with E-state index in [1.165, 1.54) is 17.6 Å². The van der Waals surface area contributed by atoms with Crippen LogP contribution in [0, 0.1) is 6.92 Å². The van der Waals surface area contributed by atoms with Crippen molar-refractivity contribution >= 4 is 42.9 Å². The van der Waals surface area contributed by atoms with Crippen molar-refractivity contribution in [2.75, 3.05) is 6.26 Å². The van der Waals surface area contributed by atoms with Crippen LogP contribution < -0.4 is 5.43 Å². The molecule has 0 saturated carbocycles. The predicted octanol–water partition coefficient (Wildman–Crippen LogP) is 5.96. The normalized spacial score (nSPS) is 11.7. The minimum Gasteiger partial charge on any atom is -0.288 e. The molecule has 0 unspecified atom stereocenters. The van der Waals surface area contributed by atoms with E-state index in [0.717, 1.165) is 26.3 Å². The molecule has 0 bridgehead atoms. The number of sulfone groups is 1. The van der Waals surface area contributed by atoms with E-state index in [2.05, 4.69) is 0 Å². The zero-order valence-corrected chi connectivity index (χ0v) is 18.2. The second-order valence-electron chi connectivity index (χ2n) is 6.89. The van der Waals surface area contributed by atoms with Gasteiger partial charge in [-0.1, -0.05) is 41.9 Å². The van der Waals surface area contributed by atoms with Crippen LogP contribution >= 0.6 is 22.9 Å². The third-order valence-electron chi connectivity index (χ3n) is 4.80. The molecule has 0 aliphatic carbocycles. The summed E-state index contributed by atoms with van der Waals surface area (Å²) >= 11 is 7.64. The molecule has 0 fully saturated rings. The molecule has 0 saturated heterocycles. The Labute approximate surface area is 178 Å². The summed E-state index contributed by atoms with van der Waals surface area (Å²) in [5.41, 5.74) is 3.09. The topological polar surface area (TPSA) is 51.2 Å². The van der Waals surface area contributed by atoms with E-state index in [4.69, 9.17) is 11.6 Å². The average molecular weight is 441 g/mol. The van der Waals surface area contributed by atoms with Crippen LogP contribution in [0.4, 0.5) is 0 Å². The summed E-state index contributed by atoms with van der Waals surface area (Å²) in [6.07, 6.45) is 1.18. The Hall–Kier alpha value is -2.47. The van der Waals surface area contributed by atoms with Gasteiger partial charge in [0.2, 0.25) is 0 Å². The van der Waals surface area contributed by atoms with Gasteiger partial charge in [-0.25, -0.2) is 8.42 Å². The van der Waals surface area contributed by atoms with Crippen LogP contribution in [-0.4, -0.2) is 14.7 Å². The van der Waals surface area contributed by atoms with Crippen LogP contribution in [0.1, 0.15) is 5.56 Å². The van der Waals surface area contributed by atoms with Crippen LogP contribution in [0.15, 0.2) is 76.4 Å². The van der Waals surface area contributed by atoms with Gasteiger partial charge in [0.15, 0.2) is 15.3 Å². The maximum absolute atomic E-state index is 13.5. The van der Waals surface area contributed by atoms with E-state index in [1.807, 2.05) is 43.3 Å². The quantitative estimate of drug-likeness (QED) is 0.395. The number of hydrogen-bond donors (Lipinski definition) is 0. The van der Waals surface area contributed by atoms with E-state index >= 15 is 0 Å². The number of aryl methyl sites for hydroxylation is 1. The van der Waals surface area contributed by atoms with Crippen LogP contribution in [0.5, 0.6) is 0 Å². The highest BCUT2D eigenvalue weighted by Crippen LogP contribution is 2.38. The number of fused-ring (bicyclic) bond motifs is 1. The molecule has 0 aliphatic heterocycles. The minimum absolute atomic E-state index is 0.0491. The zero-order chi connectivity index (χ0) is 20.8. The lowest BCUT2D eigenvalue weighted by Gasteiger charge is -2.13. The highest BCUT2D eigenvalue weighted by atomic mass is 35.5. The first-order valence-corrected chi connectivity index (χ1v) is 12.0. The number of benzene rings is 3. The second kappa shape index (κ2) is 7.41. The molecule has 6 heteroatoms. The van der Waals surface area contributed by atoms with Gasteiger partial charge in [-0.2, -0.15) is 0 Å². The third kappa shape index (κ3) is 3.73. The molecule has 3 aromatic carbocycles. The summed E-state index contributed by atoms with van der Waals surface area (Å²) in [5, 5.41) is 1.28. The van der Waals surface area contributed by atoms with Crippen LogP contribution in [-0.2, 0) is 9.84 Å². The van der Waals surface area contributed by atoms with Crippen molar-refractivity contribution in [3.8, 4) is 21.6 Å². The Morgan fingerprint density at radius 3 is 2.28 bits per heavy atom. The molecule has 0 aliphatic rings. The lowest BCUT2D eigenvalue weighted by atomic mass is 9.97. The first-order valence-electron chi connectivity index (χ1n) is 8.88. The summed E-state index contributed by atoms with van der Waals surface area (Å²) in [4.78, 5) is 14.5. The van der Waals surface area contributed by atoms with Gasteiger partial charge < -0.3 is 0 Å². The van der Waals surface area contributed by atoms with Crippen molar-refractivity contribution in [2.24, 2.45) is 0 Å². The molecule has 29 heavy (non-hydrogen) atoms. The molecule has 1 aromatic heterocycles. The zero-order valence-electron chi connectivity index (χ0n) is 15.8. The third-order valence-corrected chi connectivity index (χ3v) is 7.38. The summed E-state index contributed by atoms with van der Waals surface area (Å²) in [6, 6.07) is 19.7. The molecule has 0 radical (unpaired) electrons. The van der Waals surface area contributed by atoms with Gasteiger partial charge in [-0.15, -0.1) is 11.3 Å². The maximum Gasteiger partial charge on any atom is 0.196 e. The molecule has 3 nitrogen and oxygen atoms in total. The standard InChI is InChI=1S/C23H17ClO3S2/c1-14-13-16(24)9-12-18(14)21-22(25)19-5-3-4-6-20(19)28-23(21)15-7-10-17(11-8-15)29(2,26)27/h3-13H,1-2H3. The van der Waals surface area contributed by atoms with Crippen molar-refractivity contribution < 1.29 is 8.42 Å². The van der Waals surface area contributed by atoms with Crippen molar-refractivity contribution in [3.63, 3.8) is 0 Å². The van der Waals surface area contributed by atoms with Crippen molar-refractivity contribution in [1.82, 2.24) is 0 Å². The minimum atomic E-state index is -3.29. The van der Waals surface area contributed by atoms with E-state index in [9.17, 15) is 13.2 Å². The Bertz CT molecular complexity index is 1400. The molecule has 1 heterocycles. The SMILES string of the molecule is Cc1cc(Cl)ccc1-c1c(-c2ccc(S(C)(=O)=O)cc2)sc2ccccc2c1=O. The fourth-order valence-electron chi connectivity index (χ4n) is 3.35. The van der Waals surface area contributed by atoms with Crippen molar-refractivity contribution in [3.05, 3.63) is 87.5 Å². The Kier molecular flexibility index (Phi) is 5.07. The summed E-state index contributed by atoms with van der Waals surface area (Å²) < 4.78 is 24.5. The Morgan fingerprint density at radius 1 is 0.931 bits per heavy atom. The molecule has 4 aromatic rings. The number of rotatable bonds is 3. The van der Waals surface area contributed by atoms with Gasteiger partial charge in [0.1, 0.15) is 0 Å². The van der Waals surface area contributed by atoms with Gasteiger partial charge in [0, 0.05) is 31.8 Å². The molecule has 4 rings (SSSR count). The molecular formula is C23H17ClO3S2. The number of halogens is 1. The number of hydrogen-bond acceptors (Lipinski definition) is 4. The lowest BCUT2D eigenvalue weighted by Crippen LogP contribution is -2.07. The van der Waals surface area contributed by atoms with Crippen molar-refractivity contribution in [1.29, 1.82) is 0 Å². The monoisotopic (exact) mass is 440 g/mol. The van der Waals surface area contributed by atoms with Crippen LogP contribution in [0.2, 0.25) is 5.02 Å². The van der Waals surface area contributed by atoms with Gasteiger partial charge in [-0.3, -0.25) is 4.79 Å². The molecule has 0 amide bonds. The smallest absolute Gasteiger partial charge is 0.196 e. The molecule has 0 N–H and O–H groups in total. The van der Waals surface area contributed by atoms with Gasteiger partial charge in [0.25, 0.3) is 0 Å². The first-order chi connectivity index (χ1) is 13.8. The van der Waals surface area contributed by atoms with Crippen LogP contribution in [0.3, 0.4) is 0 Å². The lowest BCUT2D eigenvalue weighted by molar-refractivity contribution is 0.602. The summed E-state index contributed by atoms with van der Waals surface area (Å²) in [7, 11) is -3.29. The highest BCUT2D eigenvalue weighted by Gasteiger charge is 2.18. The van der Waals surface area contributed by atoms with Gasteiger partial charge >= 0.3 is 0 Å². The maximum atomic E-state index is 13.5. The largest absolute Gasteiger partial charge is 0.288 e. The fraction of sp³-hybridized carbons (Fsp3) is 0.0870. The Morgan fingerprint density at radius 2 is 1.62 bits per heavy atom. The molecule has 0 atom stereocenters. The van der Waals surface area contributed by atoms with Crippen molar-refractivity contribution in [2.45, 2.75) is 11.8 Å². The summed E-state index contributed by atoms with van der Waals surface area (Å²) in [6.45, 7) is 1.93. The predicted molar refractivity (Wildman–Crippen MR) is 122 cm³/mol. The second-order valence-corrected chi connectivity index (χ2v) is 10.4. The fourth-order valence-corrected chi connectivity index (χ4v) is 5.40. The first kappa shape index (κ1) is 19.8. The van der Waals surface area contributed by atoms with Crippen LogP contribution in [0.25, 0.3) is 31.7 Å². The van der Waals surface area contributed by atoms with E-state index in [-0.39, 0.29) is 10.3 Å². The highest BCUT2D eigenvalue weighted by molar-refractivity contribution is 7.90. The molecule has 0 spiro atoms. The van der Waals surface area contributed by atoms with E-state index < -0.39 is 9.84 Å². The molecular weight excluding hydrogens is 424 g/mol. The molecule has 146 valence electrons. The van der Waals surface area contributed by atoms with E-state index in [1.54, 1.807) is 30.3 Å². The van der Waals surface area contributed by atoms with Gasteiger partial charge in [0.05, 0.1) is 4.90 Å². The van der Waals surface area contributed by atoms with Gasteiger partial charge in [-0.05, 0) is 60.0 Å². The van der Waals surface area contributed by atoms with E-state index in [0.29, 0.717) is 16.0 Å². The average Bonchev–Trinajstić information content (AvgIpc) is 2.68. The summed E-state index contributed by atoms with van der Waals surface area (Å²) in [5.74, 6) is 0. The Balaban J connectivity index is 2.06.